The number of morpholine rings is 1. The molecule has 0 bridgehead atoms. The minimum absolute atomic E-state index is 0.0819. The first-order valence-corrected chi connectivity index (χ1v) is 7.64. The molecule has 1 aromatic rings. The van der Waals surface area contributed by atoms with Crippen LogP contribution >= 0.6 is 11.3 Å². The summed E-state index contributed by atoms with van der Waals surface area (Å²) in [5.74, 6) is 5.76. The molecular formula is C15H21NO2S. The van der Waals surface area contributed by atoms with Crippen molar-refractivity contribution in [1.29, 1.82) is 0 Å². The number of ether oxygens (including phenoxy) is 1. The number of aliphatic hydroxyl groups is 1. The molecule has 1 aliphatic heterocycles. The van der Waals surface area contributed by atoms with Gasteiger partial charge in [-0.25, -0.2) is 0 Å². The third-order valence-corrected chi connectivity index (χ3v) is 4.35. The Morgan fingerprint density at radius 1 is 1.58 bits per heavy atom. The average Bonchev–Trinajstić information content (AvgIpc) is 2.84. The van der Waals surface area contributed by atoms with Gasteiger partial charge in [0.05, 0.1) is 12.7 Å². The van der Waals surface area contributed by atoms with E-state index in [4.69, 9.17) is 9.84 Å². The Morgan fingerprint density at radius 2 is 2.42 bits per heavy atom. The maximum Gasteiger partial charge on any atom is 0.104 e. The summed E-state index contributed by atoms with van der Waals surface area (Å²) in [5.41, 5.74) is 1.05. The molecule has 19 heavy (non-hydrogen) atoms. The highest BCUT2D eigenvalue weighted by Crippen LogP contribution is 2.23. The molecule has 0 amide bonds. The molecule has 104 valence electrons. The normalized spacial score (nSPS) is 23.9. The monoisotopic (exact) mass is 279 g/mol. The lowest BCUT2D eigenvalue weighted by Crippen LogP contribution is -2.47. The van der Waals surface area contributed by atoms with Crippen LogP contribution in [0.1, 0.15) is 30.7 Å². The smallest absolute Gasteiger partial charge is 0.104 e. The highest BCUT2D eigenvalue weighted by Gasteiger charge is 2.26. The maximum atomic E-state index is 8.80. The molecule has 1 N–H and O–H groups in total. The summed E-state index contributed by atoms with van der Waals surface area (Å²) in [4.78, 5) is 3.78. The molecule has 1 saturated heterocycles. The van der Waals surface area contributed by atoms with Gasteiger partial charge in [-0.15, -0.1) is 11.3 Å². The van der Waals surface area contributed by atoms with Crippen molar-refractivity contribution >= 4 is 11.3 Å². The Labute approximate surface area is 119 Å². The van der Waals surface area contributed by atoms with Crippen LogP contribution in [-0.4, -0.2) is 41.9 Å². The Bertz CT molecular complexity index is 460. The SMILES string of the molecule is CCC1COC(C)CN1Cc1sccc1C#CCO. The molecule has 0 aromatic carbocycles. The fraction of sp³-hybridized carbons (Fsp3) is 0.600. The van der Waals surface area contributed by atoms with E-state index in [1.165, 1.54) is 4.88 Å². The van der Waals surface area contributed by atoms with Crippen LogP contribution in [0.3, 0.4) is 0 Å². The molecule has 1 fully saturated rings. The first-order valence-electron chi connectivity index (χ1n) is 6.76. The van der Waals surface area contributed by atoms with Gasteiger partial charge in [-0.2, -0.15) is 0 Å². The third-order valence-electron chi connectivity index (χ3n) is 3.45. The minimum Gasteiger partial charge on any atom is -0.384 e. The zero-order chi connectivity index (χ0) is 13.7. The number of hydrogen-bond donors (Lipinski definition) is 1. The van der Waals surface area contributed by atoms with Crippen molar-refractivity contribution in [3.05, 3.63) is 21.9 Å². The molecule has 0 radical (unpaired) electrons. The van der Waals surface area contributed by atoms with Crippen LogP contribution in [0.15, 0.2) is 11.4 Å². The molecular weight excluding hydrogens is 258 g/mol. The second-order valence-electron chi connectivity index (χ2n) is 4.85. The predicted molar refractivity (Wildman–Crippen MR) is 78.2 cm³/mol. The molecule has 1 aromatic heterocycles. The van der Waals surface area contributed by atoms with Crippen molar-refractivity contribution in [2.24, 2.45) is 0 Å². The summed E-state index contributed by atoms with van der Waals surface area (Å²) >= 11 is 1.74. The van der Waals surface area contributed by atoms with Crippen molar-refractivity contribution in [2.45, 2.75) is 39.0 Å². The van der Waals surface area contributed by atoms with E-state index in [0.717, 1.165) is 31.7 Å². The fourth-order valence-corrected chi connectivity index (χ4v) is 3.23. The maximum absolute atomic E-state index is 8.80. The molecule has 0 spiro atoms. The zero-order valence-electron chi connectivity index (χ0n) is 11.6. The molecule has 2 rings (SSSR count). The van der Waals surface area contributed by atoms with Crippen LogP contribution in [0, 0.1) is 11.8 Å². The van der Waals surface area contributed by atoms with E-state index in [-0.39, 0.29) is 6.61 Å². The number of rotatable bonds is 3. The average molecular weight is 279 g/mol. The van der Waals surface area contributed by atoms with Gasteiger partial charge >= 0.3 is 0 Å². The van der Waals surface area contributed by atoms with Gasteiger partial charge in [0.2, 0.25) is 0 Å². The largest absolute Gasteiger partial charge is 0.384 e. The Hall–Kier alpha value is -0.860. The quantitative estimate of drug-likeness (QED) is 0.860. The molecule has 0 saturated carbocycles. The van der Waals surface area contributed by atoms with E-state index in [1.54, 1.807) is 11.3 Å². The number of thiophene rings is 1. The van der Waals surface area contributed by atoms with Crippen LogP contribution in [0.25, 0.3) is 0 Å². The Balaban J connectivity index is 2.08. The van der Waals surface area contributed by atoms with Crippen molar-refractivity contribution < 1.29 is 9.84 Å². The van der Waals surface area contributed by atoms with Gasteiger partial charge in [0.25, 0.3) is 0 Å². The minimum atomic E-state index is -0.0819. The first-order chi connectivity index (χ1) is 9.24. The van der Waals surface area contributed by atoms with Crippen molar-refractivity contribution in [3.8, 4) is 11.8 Å². The lowest BCUT2D eigenvalue weighted by Gasteiger charge is -2.38. The van der Waals surface area contributed by atoms with E-state index in [1.807, 2.05) is 6.07 Å². The molecule has 4 heteroatoms. The summed E-state index contributed by atoms with van der Waals surface area (Å²) < 4.78 is 5.73. The summed E-state index contributed by atoms with van der Waals surface area (Å²) in [6.07, 6.45) is 1.41. The van der Waals surface area contributed by atoms with Gasteiger partial charge in [-0.3, -0.25) is 4.90 Å². The lowest BCUT2D eigenvalue weighted by atomic mass is 10.1. The summed E-state index contributed by atoms with van der Waals surface area (Å²) in [6, 6.07) is 2.53. The Morgan fingerprint density at radius 3 is 3.16 bits per heavy atom. The van der Waals surface area contributed by atoms with E-state index in [0.29, 0.717) is 12.1 Å². The second-order valence-corrected chi connectivity index (χ2v) is 5.85. The number of hydrogen-bond acceptors (Lipinski definition) is 4. The van der Waals surface area contributed by atoms with E-state index >= 15 is 0 Å². The molecule has 2 heterocycles. The van der Waals surface area contributed by atoms with Gasteiger partial charge in [0, 0.05) is 29.6 Å². The fourth-order valence-electron chi connectivity index (χ4n) is 2.38. The summed E-state index contributed by atoms with van der Waals surface area (Å²) in [7, 11) is 0. The van der Waals surface area contributed by atoms with Crippen molar-refractivity contribution in [3.63, 3.8) is 0 Å². The topological polar surface area (TPSA) is 32.7 Å². The predicted octanol–water partition coefficient (Wildman–Crippen LogP) is 2.09. The van der Waals surface area contributed by atoms with Crippen molar-refractivity contribution in [1.82, 2.24) is 4.90 Å². The van der Waals surface area contributed by atoms with Gasteiger partial charge < -0.3 is 9.84 Å². The summed E-state index contributed by atoms with van der Waals surface area (Å²) in [5, 5.41) is 10.9. The van der Waals surface area contributed by atoms with E-state index in [2.05, 4.69) is 36.0 Å². The molecule has 3 nitrogen and oxygen atoms in total. The van der Waals surface area contributed by atoms with Crippen LogP contribution in [0.4, 0.5) is 0 Å². The summed E-state index contributed by atoms with van der Waals surface area (Å²) in [6.45, 7) is 6.97. The van der Waals surface area contributed by atoms with Gasteiger partial charge in [0.1, 0.15) is 6.61 Å². The zero-order valence-corrected chi connectivity index (χ0v) is 12.4. The van der Waals surface area contributed by atoms with E-state index < -0.39 is 0 Å². The Kier molecular flexibility index (Phi) is 5.41. The number of nitrogens with zero attached hydrogens (tertiary/aromatic N) is 1. The number of aliphatic hydroxyl groups excluding tert-OH is 1. The molecule has 2 unspecified atom stereocenters. The molecule has 2 atom stereocenters. The molecule has 0 aliphatic carbocycles. The third kappa shape index (κ3) is 3.80. The van der Waals surface area contributed by atoms with Gasteiger partial charge in [-0.05, 0) is 24.8 Å². The van der Waals surface area contributed by atoms with E-state index in [9.17, 15) is 0 Å². The first kappa shape index (κ1) is 14.5. The lowest BCUT2D eigenvalue weighted by molar-refractivity contribution is -0.0588. The standard InChI is InChI=1S/C15H21NO2S/c1-3-14-11-18-12(2)9-16(14)10-15-13(5-4-7-17)6-8-19-15/h6,8,12,14,17H,3,7,9-11H2,1-2H3. The van der Waals surface area contributed by atoms with Crippen LogP contribution < -0.4 is 0 Å². The van der Waals surface area contributed by atoms with Gasteiger partial charge in [-0.1, -0.05) is 18.8 Å². The molecule has 1 aliphatic rings. The van der Waals surface area contributed by atoms with Crippen molar-refractivity contribution in [2.75, 3.05) is 19.8 Å². The van der Waals surface area contributed by atoms with Crippen LogP contribution in [-0.2, 0) is 11.3 Å². The highest BCUT2D eigenvalue weighted by molar-refractivity contribution is 7.10. The highest BCUT2D eigenvalue weighted by atomic mass is 32.1. The van der Waals surface area contributed by atoms with Crippen LogP contribution in [0.2, 0.25) is 0 Å². The second kappa shape index (κ2) is 7.06. The van der Waals surface area contributed by atoms with Gasteiger partial charge in [0.15, 0.2) is 0 Å². The van der Waals surface area contributed by atoms with Crippen LogP contribution in [0.5, 0.6) is 0 Å².